The first kappa shape index (κ1) is 28.5. The number of rotatable bonds is 7. The number of nitrogens with two attached hydrogens (primary N) is 1. The van der Waals surface area contributed by atoms with E-state index in [9.17, 15) is 45.1 Å². The van der Waals surface area contributed by atoms with Crippen LogP contribution in [-0.2, 0) is 15.1 Å². The van der Waals surface area contributed by atoms with Gasteiger partial charge in [0, 0.05) is 0 Å². The summed E-state index contributed by atoms with van der Waals surface area (Å²) < 4.78 is 94.4. The predicted octanol–water partition coefficient (Wildman–Crippen LogP) is 2.99. The highest BCUT2D eigenvalue weighted by atomic mass is 35.5. The molecular weight excluding hydrogens is 555 g/mol. The van der Waals surface area contributed by atoms with Crippen LogP contribution in [0.1, 0.15) is 15.9 Å². The molecule has 17 heteroatoms. The van der Waals surface area contributed by atoms with Crippen molar-refractivity contribution in [3.8, 4) is 5.75 Å². The van der Waals surface area contributed by atoms with E-state index in [1.54, 1.807) is 0 Å². The number of hydrogen-bond acceptors (Lipinski definition) is 6. The van der Waals surface area contributed by atoms with Crippen LogP contribution in [0.4, 0.5) is 36.4 Å². The number of aliphatic imine (C=N–C) groups is 1. The molecule has 9 nitrogen and oxygen atoms in total. The van der Waals surface area contributed by atoms with Crippen LogP contribution in [0, 0.1) is 5.82 Å². The average Bonchev–Trinajstić information content (AvgIpc) is 3.23. The molecule has 1 heterocycles. The molecule has 5 N–H and O–H groups in total. The Kier molecular flexibility index (Phi) is 7.76. The van der Waals surface area contributed by atoms with Crippen LogP contribution in [-0.4, -0.2) is 49.2 Å². The molecule has 0 aliphatic carbocycles. The lowest BCUT2D eigenvalue weighted by molar-refractivity contribution is -0.274. The molecule has 3 rings (SSSR count). The number of alkyl halides is 6. The number of primary amides is 1. The maximum atomic E-state index is 13.3. The average molecular weight is 570 g/mol. The van der Waals surface area contributed by atoms with E-state index in [-0.39, 0.29) is 10.6 Å². The Morgan fingerprint density at radius 1 is 1.11 bits per heavy atom. The number of halogens is 8. The summed E-state index contributed by atoms with van der Waals surface area (Å²) in [5.74, 6) is -5.73. The van der Waals surface area contributed by atoms with Crippen LogP contribution in [0.2, 0.25) is 5.02 Å². The molecule has 0 saturated carbocycles. The molecule has 38 heavy (non-hydrogen) atoms. The van der Waals surface area contributed by atoms with Crippen molar-refractivity contribution in [2.75, 3.05) is 11.9 Å². The first-order chi connectivity index (χ1) is 17.5. The zero-order chi connectivity index (χ0) is 28.5. The number of hydrogen-bond donors (Lipinski definition) is 4. The third-order valence-corrected chi connectivity index (χ3v) is 5.43. The van der Waals surface area contributed by atoms with Gasteiger partial charge in [-0.25, -0.2) is 4.39 Å². The van der Waals surface area contributed by atoms with Gasteiger partial charge >= 0.3 is 12.5 Å². The monoisotopic (exact) mass is 569 g/mol. The number of carbonyl (C=O) groups is 3. The highest BCUT2D eigenvalue weighted by molar-refractivity contribution is 6.34. The Bertz CT molecular complexity index is 1300. The number of carbonyl (C=O) groups excluding carboxylic acids is 3. The molecule has 2 aromatic rings. The van der Waals surface area contributed by atoms with Gasteiger partial charge in [-0.3, -0.25) is 19.4 Å². The Labute approximate surface area is 213 Å². The smallest absolute Gasteiger partial charge is 0.404 e. The molecular formula is C21H15ClF7N5O4. The summed E-state index contributed by atoms with van der Waals surface area (Å²) in [6.07, 6.45) is -9.37. The minimum atomic E-state index is -5.32. The number of nitrogens with one attached hydrogen (secondary N) is 3. The molecule has 2 atom stereocenters. The molecule has 0 radical (unpaired) electrons. The van der Waals surface area contributed by atoms with Crippen LogP contribution in [0.5, 0.6) is 5.75 Å². The van der Waals surface area contributed by atoms with E-state index in [1.807, 2.05) is 0 Å². The van der Waals surface area contributed by atoms with Crippen molar-refractivity contribution in [3.63, 3.8) is 0 Å². The largest absolute Gasteiger partial charge is 0.573 e. The van der Waals surface area contributed by atoms with Gasteiger partial charge in [0.2, 0.25) is 5.91 Å². The van der Waals surface area contributed by atoms with Crippen LogP contribution in [0.3, 0.4) is 0 Å². The van der Waals surface area contributed by atoms with Crippen molar-refractivity contribution in [2.45, 2.75) is 24.1 Å². The maximum Gasteiger partial charge on any atom is 0.573 e. The van der Waals surface area contributed by atoms with Gasteiger partial charge in [-0.2, -0.15) is 13.2 Å². The first-order valence-corrected chi connectivity index (χ1v) is 10.5. The highest BCUT2D eigenvalue weighted by Gasteiger charge is 2.53. The lowest BCUT2D eigenvalue weighted by Crippen LogP contribution is -2.60. The molecule has 2 aromatic carbocycles. The van der Waals surface area contributed by atoms with Crippen molar-refractivity contribution in [1.82, 2.24) is 10.6 Å². The Balaban J connectivity index is 2.03. The lowest BCUT2D eigenvalue weighted by atomic mass is 9.82. The van der Waals surface area contributed by atoms with Crippen molar-refractivity contribution in [2.24, 2.45) is 10.7 Å². The lowest BCUT2D eigenvalue weighted by Gasteiger charge is -2.32. The fourth-order valence-corrected chi connectivity index (χ4v) is 3.74. The standard InChI is InChI=1S/C21H15ClF7N5O4/c22-12-6-10(23)2-3-11(12)16(35)34-13-4-1-9(5-14(13)38-21(27,28)29)20(18(30)37)15(32-8-33-20)17(36)31-7-19(24,25)26/h1-6,8,15H,7H2,(H2,30,37)(H,31,36)(H,32,33)(H,34,35). The minimum Gasteiger partial charge on any atom is -0.404 e. The van der Waals surface area contributed by atoms with Gasteiger partial charge in [0.15, 0.2) is 17.3 Å². The number of nitrogens with zero attached hydrogens (tertiary/aromatic N) is 1. The van der Waals surface area contributed by atoms with Gasteiger partial charge in [-0.05, 0) is 35.9 Å². The van der Waals surface area contributed by atoms with Crippen molar-refractivity contribution in [1.29, 1.82) is 0 Å². The Morgan fingerprint density at radius 2 is 1.79 bits per heavy atom. The normalized spacial score (nSPS) is 19.0. The maximum absolute atomic E-state index is 13.3. The van der Waals surface area contributed by atoms with Gasteiger partial charge < -0.3 is 26.4 Å². The quantitative estimate of drug-likeness (QED) is 0.380. The highest BCUT2D eigenvalue weighted by Crippen LogP contribution is 2.38. The zero-order valence-corrected chi connectivity index (χ0v) is 19.3. The van der Waals surface area contributed by atoms with Crippen LogP contribution < -0.4 is 26.4 Å². The molecule has 0 saturated heterocycles. The molecule has 204 valence electrons. The van der Waals surface area contributed by atoms with Crippen molar-refractivity contribution >= 4 is 41.3 Å². The number of anilines is 1. The summed E-state index contributed by atoms with van der Waals surface area (Å²) in [4.78, 5) is 41.1. The third kappa shape index (κ3) is 6.24. The Hall–Kier alpha value is -4.08. The molecule has 0 bridgehead atoms. The van der Waals surface area contributed by atoms with Crippen molar-refractivity contribution < 1.29 is 49.9 Å². The minimum absolute atomic E-state index is 0.309. The Morgan fingerprint density at radius 3 is 2.37 bits per heavy atom. The fraction of sp³-hybridized carbons (Fsp3) is 0.238. The number of benzene rings is 2. The molecule has 1 aliphatic rings. The predicted molar refractivity (Wildman–Crippen MR) is 118 cm³/mol. The van der Waals surface area contributed by atoms with Crippen LogP contribution in [0.25, 0.3) is 0 Å². The summed E-state index contributed by atoms with van der Waals surface area (Å²) in [6.45, 7) is -1.79. The van der Waals surface area contributed by atoms with Gasteiger partial charge in [0.1, 0.15) is 12.4 Å². The van der Waals surface area contributed by atoms with Crippen molar-refractivity contribution in [3.05, 3.63) is 58.4 Å². The third-order valence-electron chi connectivity index (χ3n) is 5.11. The second-order valence-electron chi connectivity index (χ2n) is 7.67. The number of ether oxygens (including phenoxy) is 1. The van der Waals surface area contributed by atoms with E-state index in [4.69, 9.17) is 17.3 Å². The van der Waals surface area contributed by atoms with E-state index < -0.39 is 71.2 Å². The topological polar surface area (TPSA) is 135 Å². The summed E-state index contributed by atoms with van der Waals surface area (Å²) in [5.41, 5.74) is 1.61. The molecule has 1 aliphatic heterocycles. The van der Waals surface area contributed by atoms with Gasteiger partial charge in [0.25, 0.3) is 11.8 Å². The summed E-state index contributed by atoms with van der Waals surface area (Å²) >= 11 is 5.81. The fourth-order valence-electron chi connectivity index (χ4n) is 3.49. The van der Waals surface area contributed by atoms with E-state index in [0.29, 0.717) is 6.07 Å². The summed E-state index contributed by atoms with van der Waals surface area (Å²) in [5, 5.41) is 5.59. The molecule has 0 spiro atoms. The second-order valence-corrected chi connectivity index (χ2v) is 8.07. The van der Waals surface area contributed by atoms with Crippen LogP contribution in [0.15, 0.2) is 41.4 Å². The van der Waals surface area contributed by atoms with Crippen LogP contribution >= 0.6 is 11.6 Å². The molecule has 3 amide bonds. The number of amides is 3. The first-order valence-electron chi connectivity index (χ1n) is 10.1. The molecule has 0 aromatic heterocycles. The molecule has 0 fully saturated rings. The second kappa shape index (κ2) is 10.4. The molecule has 2 unspecified atom stereocenters. The van der Waals surface area contributed by atoms with E-state index in [0.717, 1.165) is 36.7 Å². The summed E-state index contributed by atoms with van der Waals surface area (Å²) in [7, 11) is 0. The van der Waals surface area contributed by atoms with E-state index >= 15 is 0 Å². The SMILES string of the molecule is NC(=O)C1(c2ccc(NC(=O)c3ccc(F)cc3Cl)c(OC(F)(F)F)c2)NC=NC1C(=O)NCC(F)(F)F. The van der Waals surface area contributed by atoms with Gasteiger partial charge in [-0.15, -0.1) is 13.2 Å². The summed E-state index contributed by atoms with van der Waals surface area (Å²) in [6, 6.07) is 3.08. The zero-order valence-electron chi connectivity index (χ0n) is 18.5. The van der Waals surface area contributed by atoms with E-state index in [1.165, 1.54) is 5.32 Å². The van der Waals surface area contributed by atoms with E-state index in [2.05, 4.69) is 20.4 Å². The van der Waals surface area contributed by atoms with Gasteiger partial charge in [-0.1, -0.05) is 17.7 Å². The van der Waals surface area contributed by atoms with Gasteiger partial charge in [0.05, 0.1) is 22.6 Å².